The molecule has 1 aromatic heterocycles. The average molecular weight is 281 g/mol. The molecular weight excluding hydrogens is 262 g/mol. The van der Waals surface area contributed by atoms with Crippen LogP contribution < -0.4 is 5.32 Å². The van der Waals surface area contributed by atoms with Crippen LogP contribution in [0.4, 0.5) is 0 Å². The van der Waals surface area contributed by atoms with Gasteiger partial charge >= 0.3 is 0 Å². The van der Waals surface area contributed by atoms with Crippen molar-refractivity contribution in [2.75, 3.05) is 6.54 Å². The van der Waals surface area contributed by atoms with Gasteiger partial charge in [0.25, 0.3) is 0 Å². The molecule has 0 aliphatic carbocycles. The molecular formula is C18H19NO2. The first kappa shape index (κ1) is 13.9. The topological polar surface area (TPSA) is 45.4 Å². The van der Waals surface area contributed by atoms with E-state index >= 15 is 0 Å². The third kappa shape index (κ3) is 3.15. The number of fused-ring (bicyclic) bond motifs is 1. The van der Waals surface area contributed by atoms with Crippen LogP contribution in [0.5, 0.6) is 0 Å². The van der Waals surface area contributed by atoms with Gasteiger partial charge in [-0.05, 0) is 41.0 Å². The van der Waals surface area contributed by atoms with Gasteiger partial charge in [-0.2, -0.15) is 0 Å². The molecule has 1 unspecified atom stereocenters. The maximum Gasteiger partial charge on any atom is 0.120 e. The summed E-state index contributed by atoms with van der Waals surface area (Å²) in [5.74, 6) is 0.917. The summed E-state index contributed by atoms with van der Waals surface area (Å²) < 4.78 is 5.37. The summed E-state index contributed by atoms with van der Waals surface area (Å²) in [6.07, 6.45) is 1.16. The van der Waals surface area contributed by atoms with Crippen molar-refractivity contribution in [2.45, 2.75) is 19.6 Å². The minimum absolute atomic E-state index is 0.498. The van der Waals surface area contributed by atoms with E-state index in [0.29, 0.717) is 13.1 Å². The van der Waals surface area contributed by atoms with Crippen LogP contribution >= 0.6 is 0 Å². The number of aliphatic hydroxyl groups excluding tert-OH is 1. The van der Waals surface area contributed by atoms with E-state index in [4.69, 9.17) is 4.42 Å². The molecule has 3 rings (SSSR count). The van der Waals surface area contributed by atoms with Crippen molar-refractivity contribution in [3.05, 3.63) is 71.7 Å². The molecule has 0 spiro atoms. The summed E-state index contributed by atoms with van der Waals surface area (Å²) in [4.78, 5) is 0. The molecule has 3 aromatic rings. The maximum absolute atomic E-state index is 10.3. The van der Waals surface area contributed by atoms with Crippen molar-refractivity contribution in [3.63, 3.8) is 0 Å². The van der Waals surface area contributed by atoms with Crippen LogP contribution in [-0.2, 0) is 6.54 Å². The summed E-state index contributed by atoms with van der Waals surface area (Å²) >= 11 is 0. The predicted octanol–water partition coefficient (Wildman–Crippen LogP) is 3.56. The van der Waals surface area contributed by atoms with Gasteiger partial charge in [0, 0.05) is 6.54 Å². The Morgan fingerprint density at radius 2 is 1.90 bits per heavy atom. The van der Waals surface area contributed by atoms with Crippen molar-refractivity contribution >= 4 is 10.8 Å². The molecule has 0 radical (unpaired) electrons. The summed E-state index contributed by atoms with van der Waals surface area (Å²) in [6, 6.07) is 16.2. The van der Waals surface area contributed by atoms with Crippen LogP contribution in [-0.4, -0.2) is 11.7 Å². The van der Waals surface area contributed by atoms with Gasteiger partial charge < -0.3 is 14.8 Å². The highest BCUT2D eigenvalue weighted by Crippen LogP contribution is 2.20. The van der Waals surface area contributed by atoms with E-state index < -0.39 is 6.10 Å². The van der Waals surface area contributed by atoms with Crippen molar-refractivity contribution in [1.29, 1.82) is 0 Å². The van der Waals surface area contributed by atoms with Gasteiger partial charge in [0.15, 0.2) is 0 Å². The number of furan rings is 1. The monoisotopic (exact) mass is 281 g/mol. The number of nitrogens with one attached hydrogen (secondary N) is 1. The molecule has 0 amide bonds. The van der Waals surface area contributed by atoms with Gasteiger partial charge in [0.05, 0.1) is 18.9 Å². The van der Waals surface area contributed by atoms with Crippen LogP contribution in [0.25, 0.3) is 10.8 Å². The van der Waals surface area contributed by atoms with Crippen LogP contribution in [0, 0.1) is 6.92 Å². The number of benzene rings is 2. The lowest BCUT2D eigenvalue weighted by atomic mass is 10.0. The molecule has 2 N–H and O–H groups in total. The Bertz CT molecular complexity index is 733. The molecule has 0 aliphatic rings. The van der Waals surface area contributed by atoms with Crippen LogP contribution in [0.1, 0.15) is 23.0 Å². The molecule has 1 atom stereocenters. The molecule has 0 fully saturated rings. The van der Waals surface area contributed by atoms with Gasteiger partial charge in [-0.25, -0.2) is 0 Å². The SMILES string of the molecule is Cc1ccoc1CNCC(O)c1ccc2ccccc2c1. The van der Waals surface area contributed by atoms with Gasteiger partial charge in [0.1, 0.15) is 5.76 Å². The highest BCUT2D eigenvalue weighted by Gasteiger charge is 2.09. The summed E-state index contributed by atoms with van der Waals surface area (Å²) in [5.41, 5.74) is 2.06. The second-order valence-corrected chi connectivity index (χ2v) is 5.28. The predicted molar refractivity (Wildman–Crippen MR) is 84.1 cm³/mol. The molecule has 1 heterocycles. The Kier molecular flexibility index (Phi) is 4.04. The van der Waals surface area contributed by atoms with Gasteiger partial charge in [0.2, 0.25) is 0 Å². The van der Waals surface area contributed by atoms with Gasteiger partial charge in [-0.3, -0.25) is 0 Å². The first-order valence-electron chi connectivity index (χ1n) is 7.14. The summed E-state index contributed by atoms with van der Waals surface area (Å²) in [6.45, 7) is 3.14. The van der Waals surface area contributed by atoms with Crippen LogP contribution in [0.3, 0.4) is 0 Å². The zero-order chi connectivity index (χ0) is 14.7. The fraction of sp³-hybridized carbons (Fsp3) is 0.222. The Morgan fingerprint density at radius 1 is 1.10 bits per heavy atom. The second-order valence-electron chi connectivity index (χ2n) is 5.28. The van der Waals surface area contributed by atoms with E-state index in [2.05, 4.69) is 17.4 Å². The third-order valence-corrected chi connectivity index (χ3v) is 3.75. The van der Waals surface area contributed by atoms with E-state index in [1.165, 1.54) is 5.39 Å². The highest BCUT2D eigenvalue weighted by molar-refractivity contribution is 5.83. The smallest absolute Gasteiger partial charge is 0.120 e. The van der Waals surface area contributed by atoms with E-state index in [1.807, 2.05) is 43.3 Å². The normalized spacial score (nSPS) is 12.7. The molecule has 0 aliphatic heterocycles. The first-order chi connectivity index (χ1) is 10.2. The molecule has 2 aromatic carbocycles. The molecule has 21 heavy (non-hydrogen) atoms. The molecule has 0 saturated carbocycles. The quantitative estimate of drug-likeness (QED) is 0.751. The number of hydrogen-bond acceptors (Lipinski definition) is 3. The maximum atomic E-state index is 10.3. The lowest BCUT2D eigenvalue weighted by Crippen LogP contribution is -2.21. The molecule has 0 saturated heterocycles. The summed E-state index contributed by atoms with van der Waals surface area (Å²) in [5, 5.41) is 15.9. The van der Waals surface area contributed by atoms with Gasteiger partial charge in [-0.1, -0.05) is 36.4 Å². The lowest BCUT2D eigenvalue weighted by molar-refractivity contribution is 0.173. The average Bonchev–Trinajstić information content (AvgIpc) is 2.92. The van der Waals surface area contributed by atoms with Crippen molar-refractivity contribution in [1.82, 2.24) is 5.32 Å². The first-order valence-corrected chi connectivity index (χ1v) is 7.14. The highest BCUT2D eigenvalue weighted by atomic mass is 16.3. The second kappa shape index (κ2) is 6.12. The molecule has 0 bridgehead atoms. The minimum Gasteiger partial charge on any atom is -0.468 e. The number of hydrogen-bond donors (Lipinski definition) is 2. The zero-order valence-electron chi connectivity index (χ0n) is 12.0. The minimum atomic E-state index is -0.523. The van der Waals surface area contributed by atoms with Gasteiger partial charge in [-0.15, -0.1) is 0 Å². The Labute approximate surface area is 124 Å². The Hall–Kier alpha value is -2.10. The van der Waals surface area contributed by atoms with E-state index in [1.54, 1.807) is 6.26 Å². The Morgan fingerprint density at radius 3 is 2.67 bits per heavy atom. The fourth-order valence-corrected chi connectivity index (χ4v) is 2.44. The van der Waals surface area contributed by atoms with Crippen molar-refractivity contribution in [2.24, 2.45) is 0 Å². The van der Waals surface area contributed by atoms with Crippen LogP contribution in [0.15, 0.2) is 59.2 Å². The number of aliphatic hydroxyl groups is 1. The van der Waals surface area contributed by atoms with E-state index in [9.17, 15) is 5.11 Å². The molecule has 3 heteroatoms. The zero-order valence-corrected chi connectivity index (χ0v) is 12.0. The van der Waals surface area contributed by atoms with E-state index in [-0.39, 0.29) is 0 Å². The molecule has 3 nitrogen and oxygen atoms in total. The van der Waals surface area contributed by atoms with E-state index in [0.717, 1.165) is 22.3 Å². The lowest BCUT2D eigenvalue weighted by Gasteiger charge is -2.12. The van der Waals surface area contributed by atoms with Crippen molar-refractivity contribution < 1.29 is 9.52 Å². The summed E-state index contributed by atoms with van der Waals surface area (Å²) in [7, 11) is 0. The molecule has 108 valence electrons. The number of aryl methyl sites for hydroxylation is 1. The van der Waals surface area contributed by atoms with Crippen LogP contribution in [0.2, 0.25) is 0 Å². The fourth-order valence-electron chi connectivity index (χ4n) is 2.44. The standard InChI is InChI=1S/C18H19NO2/c1-13-8-9-21-18(13)12-19-11-17(20)16-7-6-14-4-2-3-5-15(14)10-16/h2-10,17,19-20H,11-12H2,1H3. The largest absolute Gasteiger partial charge is 0.468 e. The number of rotatable bonds is 5. The van der Waals surface area contributed by atoms with Crippen molar-refractivity contribution in [3.8, 4) is 0 Å². The Balaban J connectivity index is 1.63. The third-order valence-electron chi connectivity index (χ3n) is 3.75.